The average molecular weight is 633 g/mol. The van der Waals surface area contributed by atoms with Crippen molar-refractivity contribution in [3.05, 3.63) is 59.7 Å². The van der Waals surface area contributed by atoms with Crippen LogP contribution in [0.3, 0.4) is 0 Å². The van der Waals surface area contributed by atoms with Gasteiger partial charge in [-0.3, -0.25) is 14.4 Å². The number of aliphatic hydroxyl groups is 1. The first-order valence-electron chi connectivity index (χ1n) is 17.2. The monoisotopic (exact) mass is 632 g/mol. The maximum absolute atomic E-state index is 14.0. The van der Waals surface area contributed by atoms with Crippen molar-refractivity contribution < 1.29 is 19.5 Å². The molecule has 0 unspecified atom stereocenters. The van der Waals surface area contributed by atoms with Crippen LogP contribution in [-0.2, 0) is 16.2 Å². The Hall–Kier alpha value is -2.78. The van der Waals surface area contributed by atoms with Gasteiger partial charge in [0.25, 0.3) is 5.91 Å². The zero-order chi connectivity index (χ0) is 33.5. The lowest BCUT2D eigenvalue weighted by Gasteiger charge is -2.62. The van der Waals surface area contributed by atoms with E-state index in [0.29, 0.717) is 41.2 Å². The Morgan fingerprint density at radius 2 is 1.72 bits per heavy atom. The Morgan fingerprint density at radius 3 is 2.33 bits per heavy atom. The number of nitrogens with zero attached hydrogens (tertiary/aromatic N) is 2. The molecule has 252 valence electrons. The molecule has 8 nitrogen and oxygen atoms in total. The van der Waals surface area contributed by atoms with Gasteiger partial charge in [0, 0.05) is 30.1 Å². The Bertz CT molecular complexity index is 1390. The molecule has 3 aliphatic carbocycles. The third kappa shape index (κ3) is 7.05. The van der Waals surface area contributed by atoms with E-state index in [9.17, 15) is 14.7 Å². The highest BCUT2D eigenvalue weighted by Gasteiger charge is 2.57. The summed E-state index contributed by atoms with van der Waals surface area (Å²) in [4.78, 5) is 35.6. The number of hydrogen-bond donors (Lipinski definition) is 3. The van der Waals surface area contributed by atoms with E-state index in [2.05, 4.69) is 56.2 Å². The van der Waals surface area contributed by atoms with Crippen LogP contribution in [0.25, 0.3) is 11.1 Å². The quantitative estimate of drug-likeness (QED) is 0.309. The number of hydroxylamine groups is 2. The summed E-state index contributed by atoms with van der Waals surface area (Å²) in [5.41, 5.74) is 3.89. The molecule has 0 radical (unpaired) electrons. The van der Waals surface area contributed by atoms with E-state index in [0.717, 1.165) is 29.7 Å². The molecule has 4 fully saturated rings. The van der Waals surface area contributed by atoms with Gasteiger partial charge in [-0.05, 0) is 105 Å². The number of hydrogen-bond acceptors (Lipinski definition) is 6. The zero-order valence-corrected chi connectivity index (χ0v) is 29.3. The van der Waals surface area contributed by atoms with Gasteiger partial charge in [-0.2, -0.15) is 5.06 Å². The molecule has 3 saturated carbocycles. The molecule has 0 spiro atoms. The van der Waals surface area contributed by atoms with Crippen molar-refractivity contribution in [3.63, 3.8) is 0 Å². The normalized spacial score (nSPS) is 30.1. The Morgan fingerprint density at radius 1 is 1.04 bits per heavy atom. The Kier molecular flexibility index (Phi) is 10.3. The SMILES string of the molecule is CC(C)[C@H](CN(C)C)NC(=O)c1cccc(-c2cccc(CN3O[C@@H](C)[C@@H]([C@H](C)O)[C@H]3C(=O)N[C@H]3C[C@H]4C[C@@H]([C@@H]3C)C4(C)C)c2)c1. The van der Waals surface area contributed by atoms with E-state index in [1.807, 2.05) is 63.5 Å². The van der Waals surface area contributed by atoms with Crippen molar-refractivity contribution in [3.8, 4) is 11.1 Å². The van der Waals surface area contributed by atoms with E-state index in [-0.39, 0.29) is 35.9 Å². The summed E-state index contributed by atoms with van der Waals surface area (Å²) >= 11 is 0. The topological polar surface area (TPSA) is 94.1 Å². The van der Waals surface area contributed by atoms with Crippen LogP contribution in [0, 0.1) is 35.0 Å². The predicted octanol–water partition coefficient (Wildman–Crippen LogP) is 5.36. The molecule has 8 heteroatoms. The smallest absolute Gasteiger partial charge is 0.251 e. The van der Waals surface area contributed by atoms with Crippen LogP contribution < -0.4 is 10.6 Å². The van der Waals surface area contributed by atoms with Gasteiger partial charge < -0.3 is 20.6 Å². The summed E-state index contributed by atoms with van der Waals surface area (Å²) in [5.74, 6) is 1.51. The van der Waals surface area contributed by atoms with Crippen molar-refractivity contribution >= 4 is 11.8 Å². The number of likely N-dealkylation sites (N-methyl/N-ethyl adjacent to an activating group) is 1. The molecule has 2 aromatic rings. The van der Waals surface area contributed by atoms with Gasteiger partial charge in [-0.1, -0.05) is 65.0 Å². The number of rotatable bonds is 11. The van der Waals surface area contributed by atoms with Crippen LogP contribution in [0.5, 0.6) is 0 Å². The molecule has 2 amide bonds. The number of benzene rings is 2. The maximum atomic E-state index is 14.0. The first-order valence-corrected chi connectivity index (χ1v) is 17.2. The van der Waals surface area contributed by atoms with Gasteiger partial charge in [0.05, 0.1) is 18.8 Å². The third-order valence-corrected chi connectivity index (χ3v) is 11.4. The van der Waals surface area contributed by atoms with Crippen molar-refractivity contribution in [2.75, 3.05) is 20.6 Å². The maximum Gasteiger partial charge on any atom is 0.251 e. The Labute approximate surface area is 276 Å². The number of carbonyl (C=O) groups excluding carboxylic acids is 2. The molecule has 1 saturated heterocycles. The standard InChI is InChI=1S/C38H56N4O4/c1-22(2)33(21-41(8)9)40-36(44)29-15-11-14-28(17-29)27-13-10-12-26(16-27)20-42-35(34(24(4)43)25(5)46-42)37(45)39-32-19-30-18-31(23(32)3)38(30,6)7/h10-17,22-25,30-35,43H,18-21H2,1-9H3,(H,39,45)(H,40,44)/t23-,24-,25-,30+,31-,32-,33-,34+,35-/m0/s1. The predicted molar refractivity (Wildman–Crippen MR) is 183 cm³/mol. The number of carbonyl (C=O) groups is 2. The molecule has 6 rings (SSSR count). The highest BCUT2D eigenvalue weighted by Crippen LogP contribution is 2.61. The molecule has 1 heterocycles. The van der Waals surface area contributed by atoms with Gasteiger partial charge in [0.2, 0.25) is 5.91 Å². The minimum Gasteiger partial charge on any atom is -0.393 e. The molecule has 4 aliphatic rings. The van der Waals surface area contributed by atoms with Crippen molar-refractivity contribution in [1.82, 2.24) is 20.6 Å². The van der Waals surface area contributed by atoms with Crippen molar-refractivity contribution in [2.45, 2.75) is 98.2 Å². The van der Waals surface area contributed by atoms with E-state index in [4.69, 9.17) is 4.84 Å². The molecule has 2 aromatic carbocycles. The highest BCUT2D eigenvalue weighted by molar-refractivity contribution is 5.95. The van der Waals surface area contributed by atoms with Crippen molar-refractivity contribution in [2.24, 2.45) is 35.0 Å². The van der Waals surface area contributed by atoms with Crippen LogP contribution in [0.4, 0.5) is 0 Å². The molecule has 2 bridgehead atoms. The summed E-state index contributed by atoms with van der Waals surface area (Å²) in [7, 11) is 4.03. The molecule has 46 heavy (non-hydrogen) atoms. The summed E-state index contributed by atoms with van der Waals surface area (Å²) in [5, 5.41) is 19.2. The minimum atomic E-state index is -0.694. The van der Waals surface area contributed by atoms with E-state index >= 15 is 0 Å². The van der Waals surface area contributed by atoms with Crippen LogP contribution in [0.2, 0.25) is 0 Å². The second-order valence-electron chi connectivity index (χ2n) is 15.6. The van der Waals surface area contributed by atoms with E-state index < -0.39 is 12.1 Å². The number of fused-ring (bicyclic) bond motifs is 2. The zero-order valence-electron chi connectivity index (χ0n) is 29.3. The fraction of sp³-hybridized carbons (Fsp3) is 0.632. The number of amides is 2. The summed E-state index contributed by atoms with van der Waals surface area (Å²) in [6.07, 6.45) is 1.27. The van der Waals surface area contributed by atoms with Gasteiger partial charge >= 0.3 is 0 Å². The van der Waals surface area contributed by atoms with Gasteiger partial charge in [0.15, 0.2) is 0 Å². The number of nitrogens with one attached hydrogen (secondary N) is 2. The molecular formula is C38H56N4O4. The minimum absolute atomic E-state index is 0.0480. The molecule has 0 aromatic heterocycles. The number of aliphatic hydroxyl groups excluding tert-OH is 1. The van der Waals surface area contributed by atoms with Crippen LogP contribution in [0.1, 0.15) is 77.2 Å². The largest absolute Gasteiger partial charge is 0.393 e. The van der Waals surface area contributed by atoms with Crippen LogP contribution in [-0.4, -0.2) is 77.9 Å². The molecule has 9 atom stereocenters. The van der Waals surface area contributed by atoms with Crippen LogP contribution >= 0.6 is 0 Å². The molecular weight excluding hydrogens is 576 g/mol. The first-order chi connectivity index (χ1) is 21.7. The lowest BCUT2D eigenvalue weighted by Crippen LogP contribution is -2.62. The lowest BCUT2D eigenvalue weighted by molar-refractivity contribution is -0.174. The average Bonchev–Trinajstić information content (AvgIpc) is 3.32. The fourth-order valence-electron chi connectivity index (χ4n) is 8.44. The van der Waals surface area contributed by atoms with E-state index in [1.165, 1.54) is 6.42 Å². The summed E-state index contributed by atoms with van der Waals surface area (Å²) in [6.45, 7) is 16.1. The summed E-state index contributed by atoms with van der Waals surface area (Å²) < 4.78 is 0. The van der Waals surface area contributed by atoms with Gasteiger partial charge in [-0.25, -0.2) is 0 Å². The Balaban J connectivity index is 1.31. The van der Waals surface area contributed by atoms with Crippen molar-refractivity contribution in [1.29, 1.82) is 0 Å². The van der Waals surface area contributed by atoms with E-state index in [1.54, 1.807) is 12.0 Å². The van der Waals surface area contributed by atoms with Crippen LogP contribution in [0.15, 0.2) is 48.5 Å². The van der Waals surface area contributed by atoms with Gasteiger partial charge in [-0.15, -0.1) is 0 Å². The molecule has 3 N–H and O–H groups in total. The second-order valence-corrected chi connectivity index (χ2v) is 15.6. The fourth-order valence-corrected chi connectivity index (χ4v) is 8.44. The second kappa shape index (κ2) is 13.8. The van der Waals surface area contributed by atoms with Gasteiger partial charge in [0.1, 0.15) is 6.04 Å². The molecule has 1 aliphatic heterocycles. The third-order valence-electron chi connectivity index (χ3n) is 11.4. The highest BCUT2D eigenvalue weighted by atomic mass is 16.7. The lowest BCUT2D eigenvalue weighted by atomic mass is 9.45. The first kappa shape index (κ1) is 34.6. The summed E-state index contributed by atoms with van der Waals surface area (Å²) in [6, 6.07) is 15.5.